The Morgan fingerprint density at radius 1 is 1.29 bits per heavy atom. The zero-order chi connectivity index (χ0) is 17.9. The molecule has 2 amide bonds. The molecule has 0 saturated carbocycles. The number of hydrogen-bond donors (Lipinski definition) is 4. The number of unbranched alkanes of at least 4 members (excludes halogenated alkanes) is 3. The van der Waals surface area contributed by atoms with Gasteiger partial charge in [-0.3, -0.25) is 5.32 Å². The molecule has 0 spiro atoms. The summed E-state index contributed by atoms with van der Waals surface area (Å²) in [6.45, 7) is 4.06. The molecule has 0 radical (unpaired) electrons. The number of nitrogens with one attached hydrogen (secondary N) is 2. The van der Waals surface area contributed by atoms with Crippen molar-refractivity contribution in [3.63, 3.8) is 0 Å². The summed E-state index contributed by atoms with van der Waals surface area (Å²) >= 11 is 2.36. The van der Waals surface area contributed by atoms with Crippen LogP contribution in [-0.2, 0) is 0 Å². The molecule has 0 aliphatic carbocycles. The Balaban J connectivity index is 2.61. The highest BCUT2D eigenvalue weighted by molar-refractivity contribution is 7.99. The van der Waals surface area contributed by atoms with Crippen LogP contribution in [0.15, 0.2) is 5.03 Å². The van der Waals surface area contributed by atoms with E-state index in [0.717, 1.165) is 36.5 Å². The number of aromatic nitrogens is 1. The van der Waals surface area contributed by atoms with Crippen molar-refractivity contribution in [3.8, 4) is 0 Å². The van der Waals surface area contributed by atoms with Crippen molar-refractivity contribution >= 4 is 40.3 Å². The van der Waals surface area contributed by atoms with Crippen LogP contribution in [0, 0.1) is 0 Å². The second kappa shape index (κ2) is 11.3. The highest BCUT2D eigenvalue weighted by atomic mass is 32.2. The zero-order valence-electron chi connectivity index (χ0n) is 14.0. The normalized spacial score (nSPS) is 12.0. The van der Waals surface area contributed by atoms with Gasteiger partial charge < -0.3 is 15.5 Å². The van der Waals surface area contributed by atoms with E-state index in [0.29, 0.717) is 11.4 Å². The highest BCUT2D eigenvalue weighted by Crippen LogP contribution is 2.32. The van der Waals surface area contributed by atoms with Crippen molar-refractivity contribution in [1.82, 2.24) is 9.69 Å². The molecule has 1 heterocycles. The zero-order valence-corrected chi connectivity index (χ0v) is 15.6. The predicted octanol–water partition coefficient (Wildman–Crippen LogP) is 3.41. The number of rotatable bonds is 11. The molecule has 136 valence electrons. The van der Waals surface area contributed by atoms with Crippen LogP contribution in [0.25, 0.3) is 0 Å². The lowest BCUT2D eigenvalue weighted by Crippen LogP contribution is -2.35. The lowest BCUT2D eigenvalue weighted by Gasteiger charge is -2.10. The van der Waals surface area contributed by atoms with Crippen LogP contribution in [-0.4, -0.2) is 45.0 Å². The van der Waals surface area contributed by atoms with E-state index in [1.807, 2.05) is 0 Å². The number of amides is 2. The average Bonchev–Trinajstić information content (AvgIpc) is 2.95. The Kier molecular flexibility index (Phi) is 9.73. The van der Waals surface area contributed by atoms with Gasteiger partial charge >= 0.3 is 12.0 Å². The molecule has 0 aliphatic heterocycles. The third-order valence-corrected chi connectivity index (χ3v) is 5.25. The first-order valence-electron chi connectivity index (χ1n) is 8.08. The van der Waals surface area contributed by atoms with E-state index < -0.39 is 18.1 Å². The van der Waals surface area contributed by atoms with Gasteiger partial charge in [0.05, 0.1) is 6.10 Å². The molecule has 1 aromatic heterocycles. The fourth-order valence-electron chi connectivity index (χ4n) is 1.85. The van der Waals surface area contributed by atoms with Crippen molar-refractivity contribution in [1.29, 1.82) is 0 Å². The Morgan fingerprint density at radius 2 is 2.04 bits per heavy atom. The van der Waals surface area contributed by atoms with Gasteiger partial charge in [0, 0.05) is 6.54 Å². The Hall–Kier alpha value is -1.32. The van der Waals surface area contributed by atoms with Gasteiger partial charge in [0.2, 0.25) is 0 Å². The number of aliphatic hydroxyl groups excluding tert-OH is 1. The van der Waals surface area contributed by atoms with Crippen molar-refractivity contribution in [2.75, 3.05) is 17.6 Å². The maximum absolute atomic E-state index is 11.8. The van der Waals surface area contributed by atoms with Gasteiger partial charge in [0.15, 0.2) is 0 Å². The Bertz CT molecular complexity index is 537. The van der Waals surface area contributed by atoms with E-state index in [2.05, 4.69) is 21.9 Å². The number of carbonyl (C=O) groups is 2. The van der Waals surface area contributed by atoms with Crippen LogP contribution in [0.3, 0.4) is 0 Å². The Labute approximate surface area is 150 Å². The molecule has 9 heteroatoms. The van der Waals surface area contributed by atoms with Gasteiger partial charge in [0.1, 0.15) is 15.6 Å². The number of carbonyl (C=O) groups excluding carboxylic acids is 1. The van der Waals surface area contributed by atoms with E-state index >= 15 is 0 Å². The monoisotopic (exact) mass is 375 g/mol. The van der Waals surface area contributed by atoms with E-state index in [9.17, 15) is 19.8 Å². The summed E-state index contributed by atoms with van der Waals surface area (Å²) in [6, 6.07) is -0.548. The summed E-state index contributed by atoms with van der Waals surface area (Å²) < 4.78 is 4.15. The minimum Gasteiger partial charge on any atom is -0.477 e. The fourth-order valence-corrected chi connectivity index (χ4v) is 3.79. The summed E-state index contributed by atoms with van der Waals surface area (Å²) in [4.78, 5) is 23.3. The number of urea groups is 1. The summed E-state index contributed by atoms with van der Waals surface area (Å²) in [5.74, 6) is -0.304. The van der Waals surface area contributed by atoms with Gasteiger partial charge in [0.25, 0.3) is 0 Å². The summed E-state index contributed by atoms with van der Waals surface area (Å²) in [5, 5.41) is 24.5. The number of carboxylic acid groups (broad SMARTS) is 1. The molecule has 0 bridgehead atoms. The third-order valence-electron chi connectivity index (χ3n) is 3.31. The van der Waals surface area contributed by atoms with Crippen molar-refractivity contribution in [2.45, 2.75) is 57.1 Å². The van der Waals surface area contributed by atoms with E-state index in [1.165, 1.54) is 18.2 Å². The van der Waals surface area contributed by atoms with Crippen LogP contribution < -0.4 is 10.6 Å². The number of carboxylic acids is 1. The summed E-state index contributed by atoms with van der Waals surface area (Å²) in [7, 11) is 0. The van der Waals surface area contributed by atoms with E-state index in [-0.39, 0.29) is 17.1 Å². The summed E-state index contributed by atoms with van der Waals surface area (Å²) in [5.41, 5.74) is 0.0340. The molecule has 4 N–H and O–H groups in total. The standard InChI is InChI=1S/C15H25N3O4S2/c1-3-5-6-7-8-23-13-11(14(20)21)12(24-18-13)17-15(22)16-9-10(19)4-2/h10,19H,3-9H2,1-2H3,(H,20,21)(H2,16,17,22). The third kappa shape index (κ3) is 7.06. The smallest absolute Gasteiger partial charge is 0.341 e. The predicted molar refractivity (Wildman–Crippen MR) is 97.3 cm³/mol. The minimum atomic E-state index is -1.11. The van der Waals surface area contributed by atoms with Crippen LogP contribution in [0.1, 0.15) is 56.3 Å². The van der Waals surface area contributed by atoms with Crippen LogP contribution in [0.5, 0.6) is 0 Å². The molecule has 24 heavy (non-hydrogen) atoms. The molecule has 0 fully saturated rings. The molecule has 0 aromatic carbocycles. The van der Waals surface area contributed by atoms with Gasteiger partial charge in [-0.25, -0.2) is 9.59 Å². The lowest BCUT2D eigenvalue weighted by atomic mass is 10.2. The second-order valence-electron chi connectivity index (χ2n) is 5.30. The largest absolute Gasteiger partial charge is 0.477 e. The van der Waals surface area contributed by atoms with Crippen LogP contribution >= 0.6 is 23.3 Å². The average molecular weight is 376 g/mol. The van der Waals surface area contributed by atoms with Gasteiger partial charge in [-0.05, 0) is 30.1 Å². The minimum absolute atomic E-state index is 0.0340. The molecular weight excluding hydrogens is 350 g/mol. The van der Waals surface area contributed by atoms with Crippen molar-refractivity contribution in [2.24, 2.45) is 0 Å². The molecule has 0 saturated heterocycles. The number of aliphatic hydroxyl groups is 1. The first-order valence-corrected chi connectivity index (χ1v) is 9.84. The number of hydrogen-bond acceptors (Lipinski definition) is 6. The number of nitrogens with zero attached hydrogens (tertiary/aromatic N) is 1. The topological polar surface area (TPSA) is 112 Å². The van der Waals surface area contributed by atoms with E-state index in [1.54, 1.807) is 6.92 Å². The lowest BCUT2D eigenvalue weighted by molar-refractivity contribution is 0.0694. The summed E-state index contributed by atoms with van der Waals surface area (Å²) in [6.07, 6.45) is 4.35. The molecule has 7 nitrogen and oxygen atoms in total. The molecular formula is C15H25N3O4S2. The quantitative estimate of drug-likeness (QED) is 0.348. The molecule has 1 aromatic rings. The van der Waals surface area contributed by atoms with Gasteiger partial charge in [-0.15, -0.1) is 11.8 Å². The maximum atomic E-state index is 11.8. The van der Waals surface area contributed by atoms with Crippen molar-refractivity contribution in [3.05, 3.63) is 5.56 Å². The molecule has 1 unspecified atom stereocenters. The van der Waals surface area contributed by atoms with E-state index in [4.69, 9.17) is 0 Å². The number of anilines is 1. The SMILES string of the molecule is CCCCCCSc1nsc(NC(=O)NCC(O)CC)c1C(=O)O. The highest BCUT2D eigenvalue weighted by Gasteiger charge is 2.22. The Morgan fingerprint density at radius 3 is 2.67 bits per heavy atom. The first kappa shape index (κ1) is 20.7. The maximum Gasteiger partial charge on any atom is 0.341 e. The molecule has 0 aliphatic rings. The molecule has 1 atom stereocenters. The first-order chi connectivity index (χ1) is 11.5. The van der Waals surface area contributed by atoms with Crippen molar-refractivity contribution < 1.29 is 19.8 Å². The second-order valence-corrected chi connectivity index (χ2v) is 7.16. The molecule has 1 rings (SSSR count). The number of thioether (sulfide) groups is 1. The van der Waals surface area contributed by atoms with Gasteiger partial charge in [-0.1, -0.05) is 33.1 Å². The van der Waals surface area contributed by atoms with Crippen LogP contribution in [0.2, 0.25) is 0 Å². The fraction of sp³-hybridized carbons (Fsp3) is 0.667. The number of aromatic carboxylic acids is 1. The van der Waals surface area contributed by atoms with Crippen LogP contribution in [0.4, 0.5) is 9.80 Å². The van der Waals surface area contributed by atoms with Gasteiger partial charge in [-0.2, -0.15) is 4.37 Å².